The van der Waals surface area contributed by atoms with E-state index in [0.717, 1.165) is 36.9 Å². The minimum absolute atomic E-state index is 0.0381. The average Bonchev–Trinajstić information content (AvgIpc) is 2.86. The summed E-state index contributed by atoms with van der Waals surface area (Å²) in [5.41, 5.74) is 0.824. The Morgan fingerprint density at radius 2 is 1.78 bits per heavy atom. The number of hydrogen-bond donors (Lipinski definition) is 1. The number of amides is 2. The fourth-order valence-corrected chi connectivity index (χ4v) is 5.93. The second-order valence-corrected chi connectivity index (χ2v) is 11.3. The molecular formula is C30H44N2O4. The number of likely N-dealkylation sites (tertiary alicyclic amines) is 1. The van der Waals surface area contributed by atoms with Crippen LogP contribution < -0.4 is 5.32 Å². The van der Waals surface area contributed by atoms with Crippen molar-refractivity contribution in [1.29, 1.82) is 0 Å². The van der Waals surface area contributed by atoms with Crippen LogP contribution in [0.2, 0.25) is 0 Å². The van der Waals surface area contributed by atoms with Gasteiger partial charge in [-0.2, -0.15) is 0 Å². The molecule has 2 atom stereocenters. The summed E-state index contributed by atoms with van der Waals surface area (Å²) in [4.78, 5) is 41.8. The summed E-state index contributed by atoms with van der Waals surface area (Å²) in [6, 6.07) is 9.73. The van der Waals surface area contributed by atoms with Crippen molar-refractivity contribution in [2.75, 3.05) is 13.7 Å². The molecule has 2 amide bonds. The van der Waals surface area contributed by atoms with Crippen LogP contribution in [0.25, 0.3) is 0 Å². The molecule has 0 bridgehead atoms. The molecule has 198 valence electrons. The standard InChI is InChI=1S/C30H44N2O4/c1-5-6-7-8-9-13-18-32-25-16-17-29(2,3)22-30(25,28(35)36-4)20-24(27(32)34)19-26(33)31-21-23-14-11-10-12-15-23/h10-12,14-16,24H,5-9,13,17-22H2,1-4H3,(H,31,33)/t24-,30-/m1/s1. The fourth-order valence-electron chi connectivity index (χ4n) is 5.93. The number of rotatable bonds is 12. The summed E-state index contributed by atoms with van der Waals surface area (Å²) < 4.78 is 5.34. The summed E-state index contributed by atoms with van der Waals surface area (Å²) in [6.45, 7) is 7.51. The van der Waals surface area contributed by atoms with Gasteiger partial charge in [-0.05, 0) is 36.7 Å². The molecule has 0 saturated carbocycles. The molecule has 1 aliphatic carbocycles. The van der Waals surface area contributed by atoms with Gasteiger partial charge in [-0.1, -0.05) is 89.3 Å². The van der Waals surface area contributed by atoms with E-state index in [1.165, 1.54) is 26.4 Å². The second kappa shape index (κ2) is 12.6. The first-order valence-electron chi connectivity index (χ1n) is 13.6. The molecule has 1 saturated heterocycles. The van der Waals surface area contributed by atoms with E-state index in [4.69, 9.17) is 4.74 Å². The minimum Gasteiger partial charge on any atom is -0.468 e. The van der Waals surface area contributed by atoms with Crippen LogP contribution in [0.5, 0.6) is 0 Å². The number of piperidine rings is 1. The van der Waals surface area contributed by atoms with Crippen molar-refractivity contribution < 1.29 is 19.1 Å². The number of benzene rings is 1. The van der Waals surface area contributed by atoms with Crippen molar-refractivity contribution in [2.24, 2.45) is 16.7 Å². The monoisotopic (exact) mass is 496 g/mol. The molecule has 1 fully saturated rings. The molecule has 1 aromatic rings. The molecule has 0 unspecified atom stereocenters. The largest absolute Gasteiger partial charge is 0.468 e. The van der Waals surface area contributed by atoms with Crippen LogP contribution >= 0.6 is 0 Å². The summed E-state index contributed by atoms with van der Waals surface area (Å²) in [5.74, 6) is -1.05. The maximum absolute atomic E-state index is 13.7. The highest BCUT2D eigenvalue weighted by Gasteiger charge is 2.57. The highest BCUT2D eigenvalue weighted by molar-refractivity contribution is 5.92. The number of esters is 1. The predicted molar refractivity (Wildman–Crippen MR) is 142 cm³/mol. The number of ether oxygens (including phenoxy) is 1. The molecule has 0 radical (unpaired) electrons. The Hall–Kier alpha value is -2.63. The molecule has 0 aromatic heterocycles. The minimum atomic E-state index is -0.892. The van der Waals surface area contributed by atoms with Crippen LogP contribution in [0.4, 0.5) is 0 Å². The Balaban J connectivity index is 1.79. The summed E-state index contributed by atoms with van der Waals surface area (Å²) in [5, 5.41) is 2.96. The Morgan fingerprint density at radius 3 is 2.47 bits per heavy atom. The number of nitrogens with one attached hydrogen (secondary N) is 1. The molecule has 3 rings (SSSR count). The van der Waals surface area contributed by atoms with Gasteiger partial charge in [-0.15, -0.1) is 0 Å². The highest BCUT2D eigenvalue weighted by atomic mass is 16.5. The summed E-state index contributed by atoms with van der Waals surface area (Å²) in [6.07, 6.45) is 10.6. The molecule has 1 N–H and O–H groups in total. The molecule has 6 nitrogen and oxygen atoms in total. The molecule has 2 aliphatic rings. The normalized spacial score (nSPS) is 23.0. The fraction of sp³-hybridized carbons (Fsp3) is 0.633. The van der Waals surface area contributed by atoms with Gasteiger partial charge < -0.3 is 15.0 Å². The Labute approximate surface area is 216 Å². The van der Waals surface area contributed by atoms with Crippen LogP contribution in [0.15, 0.2) is 42.1 Å². The van der Waals surface area contributed by atoms with E-state index in [1.54, 1.807) is 0 Å². The molecule has 0 spiro atoms. The van der Waals surface area contributed by atoms with Crippen LogP contribution in [0.1, 0.15) is 90.5 Å². The zero-order valence-electron chi connectivity index (χ0n) is 22.6. The smallest absolute Gasteiger partial charge is 0.317 e. The lowest BCUT2D eigenvalue weighted by molar-refractivity contribution is -0.162. The average molecular weight is 497 g/mol. The number of nitrogens with zero attached hydrogens (tertiary/aromatic N) is 1. The van der Waals surface area contributed by atoms with Gasteiger partial charge in [-0.3, -0.25) is 14.4 Å². The maximum atomic E-state index is 13.7. The van der Waals surface area contributed by atoms with E-state index in [-0.39, 0.29) is 29.6 Å². The van der Waals surface area contributed by atoms with Crippen molar-refractivity contribution in [3.8, 4) is 0 Å². The quantitative estimate of drug-likeness (QED) is 0.295. The van der Waals surface area contributed by atoms with Crippen molar-refractivity contribution in [3.05, 3.63) is 47.7 Å². The predicted octanol–water partition coefficient (Wildman–Crippen LogP) is 5.77. The third-order valence-electron chi connectivity index (χ3n) is 7.70. The lowest BCUT2D eigenvalue weighted by atomic mass is 9.59. The molecular weight excluding hydrogens is 452 g/mol. The van der Waals surface area contributed by atoms with Crippen LogP contribution in [-0.4, -0.2) is 36.3 Å². The van der Waals surface area contributed by atoms with Gasteiger partial charge in [-0.25, -0.2) is 0 Å². The van der Waals surface area contributed by atoms with Crippen LogP contribution in [-0.2, 0) is 25.7 Å². The molecule has 36 heavy (non-hydrogen) atoms. The number of fused-ring (bicyclic) bond motifs is 1. The SMILES string of the molecule is CCCCCCCCN1C(=O)[C@H](CC(=O)NCc2ccccc2)C[C@@]2(C(=O)OC)CC(C)(C)CC=C12. The molecule has 1 aromatic carbocycles. The zero-order valence-corrected chi connectivity index (χ0v) is 22.6. The van der Waals surface area contributed by atoms with E-state index < -0.39 is 11.3 Å². The number of unbranched alkanes of at least 4 members (excludes halogenated alkanes) is 5. The Kier molecular flexibility index (Phi) is 9.75. The van der Waals surface area contributed by atoms with E-state index in [1.807, 2.05) is 35.2 Å². The van der Waals surface area contributed by atoms with Crippen LogP contribution in [0.3, 0.4) is 0 Å². The summed E-state index contributed by atoms with van der Waals surface area (Å²) >= 11 is 0. The summed E-state index contributed by atoms with van der Waals surface area (Å²) in [7, 11) is 1.42. The number of carbonyl (C=O) groups is 3. The third-order valence-corrected chi connectivity index (χ3v) is 7.70. The number of methoxy groups -OCH3 is 1. The van der Waals surface area contributed by atoms with Gasteiger partial charge >= 0.3 is 5.97 Å². The highest BCUT2D eigenvalue weighted by Crippen LogP contribution is 2.54. The number of carbonyl (C=O) groups excluding carboxylic acids is 3. The number of allylic oxidation sites excluding steroid dienone is 1. The van der Waals surface area contributed by atoms with E-state index in [0.29, 0.717) is 25.9 Å². The first kappa shape index (κ1) is 27.9. The second-order valence-electron chi connectivity index (χ2n) is 11.3. The van der Waals surface area contributed by atoms with Gasteiger partial charge in [0.2, 0.25) is 11.8 Å². The Bertz CT molecular complexity index is 940. The van der Waals surface area contributed by atoms with E-state index in [9.17, 15) is 14.4 Å². The lowest BCUT2D eigenvalue weighted by Crippen LogP contribution is -2.56. The van der Waals surface area contributed by atoms with Crippen molar-refractivity contribution in [2.45, 2.75) is 91.5 Å². The van der Waals surface area contributed by atoms with Gasteiger partial charge in [0.05, 0.1) is 7.11 Å². The van der Waals surface area contributed by atoms with Crippen molar-refractivity contribution >= 4 is 17.8 Å². The van der Waals surface area contributed by atoms with E-state index >= 15 is 0 Å². The van der Waals surface area contributed by atoms with Crippen molar-refractivity contribution in [3.63, 3.8) is 0 Å². The topological polar surface area (TPSA) is 75.7 Å². The van der Waals surface area contributed by atoms with Gasteiger partial charge in [0.25, 0.3) is 0 Å². The Morgan fingerprint density at radius 1 is 1.08 bits per heavy atom. The maximum Gasteiger partial charge on any atom is 0.317 e. The number of hydrogen-bond acceptors (Lipinski definition) is 4. The molecule has 1 heterocycles. The van der Waals surface area contributed by atoms with E-state index in [2.05, 4.69) is 32.2 Å². The zero-order chi connectivity index (χ0) is 26.2. The third kappa shape index (κ3) is 6.77. The van der Waals surface area contributed by atoms with Gasteiger partial charge in [0.15, 0.2) is 0 Å². The lowest BCUT2D eigenvalue weighted by Gasteiger charge is -2.51. The molecule has 1 aliphatic heterocycles. The first-order valence-corrected chi connectivity index (χ1v) is 13.6. The molecule has 6 heteroatoms. The van der Waals surface area contributed by atoms with Crippen molar-refractivity contribution in [1.82, 2.24) is 10.2 Å². The van der Waals surface area contributed by atoms with Crippen LogP contribution in [0, 0.1) is 16.7 Å². The first-order chi connectivity index (χ1) is 17.2. The van der Waals surface area contributed by atoms with Gasteiger partial charge in [0.1, 0.15) is 5.41 Å². The van der Waals surface area contributed by atoms with Gasteiger partial charge in [0, 0.05) is 31.1 Å².